The molecule has 1 spiro atoms. The van der Waals surface area contributed by atoms with Gasteiger partial charge in [-0.1, -0.05) is 41.6 Å². The van der Waals surface area contributed by atoms with E-state index in [9.17, 15) is 9.18 Å². The molecule has 0 radical (unpaired) electrons. The van der Waals surface area contributed by atoms with Crippen molar-refractivity contribution >= 4 is 11.9 Å². The zero-order valence-corrected chi connectivity index (χ0v) is 18.5. The van der Waals surface area contributed by atoms with Gasteiger partial charge < -0.3 is 9.42 Å². The van der Waals surface area contributed by atoms with Crippen LogP contribution < -0.4 is 5.32 Å². The highest BCUT2D eigenvalue weighted by atomic mass is 19.1. The summed E-state index contributed by atoms with van der Waals surface area (Å²) in [4.78, 5) is 14.5. The van der Waals surface area contributed by atoms with Crippen molar-refractivity contribution in [2.24, 2.45) is 5.41 Å². The minimum absolute atomic E-state index is 0.113. The number of nitrogens with zero attached hydrogens (tertiary/aromatic N) is 2. The van der Waals surface area contributed by atoms with Crippen molar-refractivity contribution in [3.63, 3.8) is 0 Å². The van der Waals surface area contributed by atoms with Gasteiger partial charge in [-0.05, 0) is 79.7 Å². The van der Waals surface area contributed by atoms with E-state index in [4.69, 9.17) is 4.52 Å². The summed E-state index contributed by atoms with van der Waals surface area (Å²) in [6.07, 6.45) is 4.34. The lowest BCUT2D eigenvalue weighted by Gasteiger charge is -2.52. The van der Waals surface area contributed by atoms with Gasteiger partial charge in [0, 0.05) is 18.7 Å². The van der Waals surface area contributed by atoms with Crippen LogP contribution in [0.4, 0.5) is 15.1 Å². The van der Waals surface area contributed by atoms with E-state index in [2.05, 4.69) is 28.7 Å². The number of hydrogen-bond acceptors (Lipinski definition) is 3. The summed E-state index contributed by atoms with van der Waals surface area (Å²) < 4.78 is 18.8. The number of aryl methyl sites for hydroxylation is 1. The van der Waals surface area contributed by atoms with E-state index in [1.807, 2.05) is 30.9 Å². The second-order valence-corrected chi connectivity index (χ2v) is 9.38. The predicted octanol–water partition coefficient (Wildman–Crippen LogP) is 6.29. The molecule has 1 aromatic heterocycles. The fourth-order valence-corrected chi connectivity index (χ4v) is 5.16. The lowest BCUT2D eigenvalue weighted by Crippen LogP contribution is -2.49. The maximum absolute atomic E-state index is 13.6. The third-order valence-corrected chi connectivity index (χ3v) is 7.36. The Balaban J connectivity index is 1.18. The molecule has 2 amide bonds. The summed E-state index contributed by atoms with van der Waals surface area (Å²) >= 11 is 0. The normalized spacial score (nSPS) is 17.9. The lowest BCUT2D eigenvalue weighted by molar-refractivity contribution is 0.0290. The van der Waals surface area contributed by atoms with Crippen molar-refractivity contribution < 1.29 is 13.7 Å². The average Bonchev–Trinajstić information content (AvgIpc) is 3.10. The number of anilines is 1. The van der Waals surface area contributed by atoms with Gasteiger partial charge in [-0.2, -0.15) is 0 Å². The molecule has 5 nitrogen and oxygen atoms in total. The summed E-state index contributed by atoms with van der Waals surface area (Å²) in [6.45, 7) is 5.27. The number of carbonyl (C=O) groups excluding carboxylic acids is 1. The molecule has 0 unspecified atom stereocenters. The molecule has 166 valence electrons. The van der Waals surface area contributed by atoms with Crippen molar-refractivity contribution in [1.29, 1.82) is 0 Å². The van der Waals surface area contributed by atoms with Gasteiger partial charge >= 0.3 is 6.03 Å². The number of piperidine rings is 1. The van der Waals surface area contributed by atoms with Gasteiger partial charge in [0.2, 0.25) is 5.88 Å². The second-order valence-electron chi connectivity index (χ2n) is 9.38. The van der Waals surface area contributed by atoms with Crippen molar-refractivity contribution in [3.05, 3.63) is 71.2 Å². The van der Waals surface area contributed by atoms with Crippen LogP contribution in [0.5, 0.6) is 0 Å². The highest BCUT2D eigenvalue weighted by Gasteiger charge is 2.46. The summed E-state index contributed by atoms with van der Waals surface area (Å²) in [5, 5.41) is 6.76. The minimum Gasteiger partial charge on any atom is -0.338 e. The Bertz CT molecular complexity index is 1140. The van der Waals surface area contributed by atoms with Gasteiger partial charge in [0.05, 0.1) is 5.69 Å². The summed E-state index contributed by atoms with van der Waals surface area (Å²) in [7, 11) is 0. The molecule has 0 bridgehead atoms. The van der Waals surface area contributed by atoms with E-state index >= 15 is 0 Å². The van der Waals surface area contributed by atoms with Crippen LogP contribution in [0.3, 0.4) is 0 Å². The highest BCUT2D eigenvalue weighted by molar-refractivity contribution is 5.88. The molecular formula is C26H28FN3O2. The van der Waals surface area contributed by atoms with E-state index in [0.717, 1.165) is 61.2 Å². The summed E-state index contributed by atoms with van der Waals surface area (Å²) in [5.41, 5.74) is 5.29. The number of likely N-dealkylation sites (tertiary alicyclic amines) is 1. The van der Waals surface area contributed by atoms with Gasteiger partial charge in [0.1, 0.15) is 5.82 Å². The molecule has 1 N–H and O–H groups in total. The number of amides is 2. The number of carbonyl (C=O) groups is 1. The van der Waals surface area contributed by atoms with Crippen molar-refractivity contribution in [1.82, 2.24) is 10.1 Å². The fourth-order valence-electron chi connectivity index (χ4n) is 5.16. The number of halogens is 1. The molecular weight excluding hydrogens is 405 g/mol. The Kier molecular flexibility index (Phi) is 5.24. The molecule has 2 aliphatic rings. The quantitative estimate of drug-likeness (QED) is 0.528. The van der Waals surface area contributed by atoms with Gasteiger partial charge in [0.25, 0.3) is 0 Å². The molecule has 1 aliphatic carbocycles. The largest absolute Gasteiger partial charge is 0.338 e. The van der Waals surface area contributed by atoms with Crippen LogP contribution in [0.2, 0.25) is 0 Å². The predicted molar refractivity (Wildman–Crippen MR) is 122 cm³/mol. The van der Waals surface area contributed by atoms with E-state index in [1.54, 1.807) is 12.1 Å². The first-order valence-electron chi connectivity index (χ1n) is 11.3. The molecule has 2 aromatic carbocycles. The standard InChI is InChI=1S/C26H28FN3O2/c1-17-18(2)29-32-24(17)28-25(31)30-11-9-26(10-12-30)15-22(16-26)20-6-3-5-19(13-20)21-7-4-8-23(27)14-21/h3-8,13-14,22H,9-12,15-16H2,1-2H3,(H,28,31). The van der Waals surface area contributed by atoms with E-state index in [-0.39, 0.29) is 11.8 Å². The summed E-state index contributed by atoms with van der Waals surface area (Å²) in [5.74, 6) is 0.762. The van der Waals surface area contributed by atoms with Crippen LogP contribution >= 0.6 is 0 Å². The third-order valence-electron chi connectivity index (χ3n) is 7.36. The van der Waals surface area contributed by atoms with Gasteiger partial charge in [0.15, 0.2) is 0 Å². The number of aromatic nitrogens is 1. The fraction of sp³-hybridized carbons (Fsp3) is 0.385. The van der Waals surface area contributed by atoms with Crippen LogP contribution in [-0.2, 0) is 0 Å². The topological polar surface area (TPSA) is 58.4 Å². The SMILES string of the molecule is Cc1noc(NC(=O)N2CCC3(CC2)CC(c2cccc(-c4cccc(F)c4)c2)C3)c1C. The maximum Gasteiger partial charge on any atom is 0.324 e. The first kappa shape index (κ1) is 20.7. The Morgan fingerprint density at radius 3 is 2.44 bits per heavy atom. The van der Waals surface area contributed by atoms with Crippen LogP contribution in [0.25, 0.3) is 11.1 Å². The Labute approximate surface area is 187 Å². The molecule has 0 atom stereocenters. The smallest absolute Gasteiger partial charge is 0.324 e. The van der Waals surface area contributed by atoms with Crippen molar-refractivity contribution in [2.75, 3.05) is 18.4 Å². The first-order valence-corrected chi connectivity index (χ1v) is 11.3. The van der Waals surface area contributed by atoms with Gasteiger partial charge in [-0.25, -0.2) is 9.18 Å². The zero-order valence-electron chi connectivity index (χ0n) is 18.5. The van der Waals surface area contributed by atoms with Gasteiger partial charge in [-0.15, -0.1) is 0 Å². The molecule has 2 heterocycles. The van der Waals surface area contributed by atoms with Crippen LogP contribution in [0, 0.1) is 25.1 Å². The van der Waals surface area contributed by atoms with Crippen molar-refractivity contribution in [2.45, 2.75) is 45.4 Å². The molecule has 2 fully saturated rings. The molecule has 1 saturated carbocycles. The molecule has 1 saturated heterocycles. The monoisotopic (exact) mass is 433 g/mol. The van der Waals surface area contributed by atoms with Crippen LogP contribution in [0.15, 0.2) is 53.1 Å². The zero-order chi connectivity index (χ0) is 22.3. The molecule has 6 heteroatoms. The van der Waals surface area contributed by atoms with E-state index < -0.39 is 0 Å². The van der Waals surface area contributed by atoms with Crippen molar-refractivity contribution in [3.8, 4) is 11.1 Å². The van der Waals surface area contributed by atoms with E-state index in [0.29, 0.717) is 17.2 Å². The molecule has 32 heavy (non-hydrogen) atoms. The van der Waals surface area contributed by atoms with E-state index in [1.165, 1.54) is 11.6 Å². The second kappa shape index (κ2) is 8.08. The lowest BCUT2D eigenvalue weighted by atomic mass is 9.56. The molecule has 5 rings (SSSR count). The maximum atomic E-state index is 13.6. The highest BCUT2D eigenvalue weighted by Crippen LogP contribution is 2.56. The number of nitrogens with one attached hydrogen (secondary N) is 1. The summed E-state index contributed by atoms with van der Waals surface area (Å²) in [6, 6.07) is 15.2. The Hall–Kier alpha value is -3.15. The number of benzene rings is 2. The average molecular weight is 434 g/mol. The molecule has 3 aromatic rings. The molecule has 1 aliphatic heterocycles. The number of urea groups is 1. The Morgan fingerprint density at radius 2 is 1.78 bits per heavy atom. The Morgan fingerprint density at radius 1 is 1.09 bits per heavy atom. The van der Waals surface area contributed by atoms with Gasteiger partial charge in [-0.3, -0.25) is 5.32 Å². The first-order chi connectivity index (χ1) is 15.4. The minimum atomic E-state index is -0.208. The number of rotatable bonds is 3. The third kappa shape index (κ3) is 3.90. The number of hydrogen-bond donors (Lipinski definition) is 1. The van der Waals surface area contributed by atoms with Crippen LogP contribution in [-0.4, -0.2) is 29.2 Å². The van der Waals surface area contributed by atoms with Crippen LogP contribution in [0.1, 0.15) is 48.4 Å².